The Balaban J connectivity index is 2.56. The first-order valence-corrected chi connectivity index (χ1v) is 6.63. The molecule has 1 rings (SSSR count). The van der Waals surface area contributed by atoms with Gasteiger partial charge in [0.2, 0.25) is 5.91 Å². The van der Waals surface area contributed by atoms with Crippen molar-refractivity contribution in [3.05, 3.63) is 42.5 Å². The van der Waals surface area contributed by atoms with Crippen LogP contribution in [-0.2, 0) is 9.53 Å². The standard InChI is InChI=1S/C15H21N3O3/c1-3-9-17-14(19)11-4-6-12(7-5-11)18-15(20)13(16)8-10-21-2/h3-7,13H,1,8-10,16H2,2H3,(H,17,19)(H,18,20). The molecule has 6 heteroatoms. The van der Waals surface area contributed by atoms with Gasteiger partial charge in [0.15, 0.2) is 0 Å². The number of carbonyl (C=O) groups is 2. The van der Waals surface area contributed by atoms with Crippen molar-refractivity contribution in [3.63, 3.8) is 0 Å². The lowest BCUT2D eigenvalue weighted by molar-refractivity contribution is -0.117. The molecule has 0 aromatic heterocycles. The zero-order chi connectivity index (χ0) is 15.7. The van der Waals surface area contributed by atoms with E-state index in [1.807, 2.05) is 0 Å². The van der Waals surface area contributed by atoms with Gasteiger partial charge in [-0.25, -0.2) is 0 Å². The van der Waals surface area contributed by atoms with Gasteiger partial charge in [0.05, 0.1) is 6.04 Å². The van der Waals surface area contributed by atoms with Gasteiger partial charge in [0.1, 0.15) is 0 Å². The Morgan fingerprint density at radius 1 is 1.38 bits per heavy atom. The zero-order valence-electron chi connectivity index (χ0n) is 12.1. The van der Waals surface area contributed by atoms with Gasteiger partial charge in [-0.3, -0.25) is 9.59 Å². The van der Waals surface area contributed by atoms with Crippen molar-refractivity contribution in [2.75, 3.05) is 25.6 Å². The van der Waals surface area contributed by atoms with E-state index in [1.54, 1.807) is 37.5 Å². The molecule has 2 amide bonds. The van der Waals surface area contributed by atoms with Crippen molar-refractivity contribution in [2.24, 2.45) is 5.73 Å². The van der Waals surface area contributed by atoms with Crippen molar-refractivity contribution in [1.82, 2.24) is 5.32 Å². The molecule has 0 fully saturated rings. The summed E-state index contributed by atoms with van der Waals surface area (Å²) >= 11 is 0. The van der Waals surface area contributed by atoms with Gasteiger partial charge in [-0.1, -0.05) is 6.08 Å². The van der Waals surface area contributed by atoms with Gasteiger partial charge in [-0.05, 0) is 30.7 Å². The highest BCUT2D eigenvalue weighted by atomic mass is 16.5. The summed E-state index contributed by atoms with van der Waals surface area (Å²) in [6.45, 7) is 4.36. The molecule has 1 aromatic carbocycles. The Labute approximate surface area is 124 Å². The van der Waals surface area contributed by atoms with Crippen molar-refractivity contribution in [3.8, 4) is 0 Å². The SMILES string of the molecule is C=CCNC(=O)c1ccc(NC(=O)C(N)CCOC)cc1. The van der Waals surface area contributed by atoms with Gasteiger partial charge < -0.3 is 21.1 Å². The minimum absolute atomic E-state index is 0.190. The zero-order valence-corrected chi connectivity index (χ0v) is 12.1. The van der Waals surface area contributed by atoms with E-state index in [9.17, 15) is 9.59 Å². The van der Waals surface area contributed by atoms with Crippen LogP contribution in [0.25, 0.3) is 0 Å². The van der Waals surface area contributed by atoms with Gasteiger partial charge in [0.25, 0.3) is 5.91 Å². The van der Waals surface area contributed by atoms with Crippen molar-refractivity contribution in [2.45, 2.75) is 12.5 Å². The number of carbonyl (C=O) groups excluding carboxylic acids is 2. The second kappa shape index (κ2) is 8.89. The molecule has 0 saturated carbocycles. The smallest absolute Gasteiger partial charge is 0.251 e. The summed E-state index contributed by atoms with van der Waals surface area (Å²) in [5, 5.41) is 5.36. The summed E-state index contributed by atoms with van der Waals surface area (Å²) in [6, 6.07) is 5.96. The predicted octanol–water partition coefficient (Wildman–Crippen LogP) is 0.905. The van der Waals surface area contributed by atoms with Crippen LogP contribution in [0.1, 0.15) is 16.8 Å². The maximum atomic E-state index is 11.8. The van der Waals surface area contributed by atoms with E-state index in [0.717, 1.165) is 0 Å². The van der Waals surface area contributed by atoms with Crippen molar-refractivity contribution >= 4 is 17.5 Å². The van der Waals surface area contributed by atoms with Gasteiger partial charge >= 0.3 is 0 Å². The number of hydrogen-bond donors (Lipinski definition) is 3. The number of ether oxygens (including phenoxy) is 1. The van der Waals surface area contributed by atoms with Gasteiger partial charge in [-0.2, -0.15) is 0 Å². The number of amides is 2. The average molecular weight is 291 g/mol. The summed E-state index contributed by atoms with van der Waals surface area (Å²) in [5.41, 5.74) is 6.82. The molecule has 6 nitrogen and oxygen atoms in total. The molecule has 1 aromatic rings. The summed E-state index contributed by atoms with van der Waals surface area (Å²) in [5.74, 6) is -0.472. The molecule has 0 aliphatic heterocycles. The fourth-order valence-electron chi connectivity index (χ4n) is 1.58. The molecule has 0 bridgehead atoms. The van der Waals surface area contributed by atoms with Crippen LogP contribution in [0.2, 0.25) is 0 Å². The molecule has 4 N–H and O–H groups in total. The number of nitrogens with two attached hydrogens (primary N) is 1. The number of anilines is 1. The molecule has 0 radical (unpaired) electrons. The first-order chi connectivity index (χ1) is 10.1. The van der Waals surface area contributed by atoms with Crippen molar-refractivity contribution in [1.29, 1.82) is 0 Å². The molecule has 0 aliphatic carbocycles. The third kappa shape index (κ3) is 5.76. The number of nitrogens with one attached hydrogen (secondary N) is 2. The van der Waals surface area contributed by atoms with Gasteiger partial charge in [0, 0.05) is 31.5 Å². The lowest BCUT2D eigenvalue weighted by atomic mass is 10.1. The largest absolute Gasteiger partial charge is 0.385 e. The van der Waals surface area contributed by atoms with Crippen LogP contribution >= 0.6 is 0 Å². The van der Waals surface area contributed by atoms with E-state index in [1.165, 1.54) is 0 Å². The summed E-state index contributed by atoms with van der Waals surface area (Å²) < 4.78 is 4.88. The predicted molar refractivity (Wildman–Crippen MR) is 82.1 cm³/mol. The van der Waals surface area contributed by atoms with Crippen LogP contribution in [0, 0.1) is 0 Å². The van der Waals surface area contributed by atoms with Crippen LogP contribution < -0.4 is 16.4 Å². The van der Waals surface area contributed by atoms with E-state index in [4.69, 9.17) is 10.5 Å². The normalized spacial score (nSPS) is 11.5. The lowest BCUT2D eigenvalue weighted by Crippen LogP contribution is -2.36. The molecule has 0 spiro atoms. The fourth-order valence-corrected chi connectivity index (χ4v) is 1.58. The van der Waals surface area contributed by atoms with Crippen LogP contribution in [-0.4, -0.2) is 38.1 Å². The molecule has 21 heavy (non-hydrogen) atoms. The molecular weight excluding hydrogens is 270 g/mol. The molecule has 1 atom stereocenters. The summed E-state index contributed by atoms with van der Waals surface area (Å²) in [6.07, 6.45) is 2.05. The quantitative estimate of drug-likeness (QED) is 0.620. The maximum Gasteiger partial charge on any atom is 0.251 e. The molecule has 0 heterocycles. The first kappa shape index (κ1) is 16.9. The van der Waals surface area contributed by atoms with E-state index in [-0.39, 0.29) is 11.8 Å². The number of benzene rings is 1. The molecule has 1 unspecified atom stereocenters. The summed E-state index contributed by atoms with van der Waals surface area (Å²) in [4.78, 5) is 23.5. The molecule has 0 aliphatic rings. The fraction of sp³-hybridized carbons (Fsp3) is 0.333. The highest BCUT2D eigenvalue weighted by molar-refractivity contribution is 5.97. The maximum absolute atomic E-state index is 11.8. The highest BCUT2D eigenvalue weighted by Gasteiger charge is 2.13. The molecule has 0 saturated heterocycles. The Hall–Kier alpha value is -2.18. The first-order valence-electron chi connectivity index (χ1n) is 6.63. The minimum Gasteiger partial charge on any atom is -0.385 e. The topological polar surface area (TPSA) is 93.5 Å². The lowest BCUT2D eigenvalue weighted by Gasteiger charge is -2.12. The van der Waals surface area contributed by atoms with E-state index < -0.39 is 6.04 Å². The minimum atomic E-state index is -0.625. The van der Waals surface area contributed by atoms with Crippen molar-refractivity contribution < 1.29 is 14.3 Å². The second-order valence-corrected chi connectivity index (χ2v) is 4.45. The third-order valence-electron chi connectivity index (χ3n) is 2.79. The number of methoxy groups -OCH3 is 1. The van der Waals surface area contributed by atoms with Crippen LogP contribution in [0.5, 0.6) is 0 Å². The number of hydrogen-bond acceptors (Lipinski definition) is 4. The van der Waals surface area contributed by atoms with E-state index >= 15 is 0 Å². The summed E-state index contributed by atoms with van der Waals surface area (Å²) in [7, 11) is 1.56. The Morgan fingerprint density at radius 3 is 2.62 bits per heavy atom. The number of rotatable bonds is 8. The molecular formula is C15H21N3O3. The monoisotopic (exact) mass is 291 g/mol. The van der Waals surface area contributed by atoms with Gasteiger partial charge in [-0.15, -0.1) is 6.58 Å². The highest BCUT2D eigenvalue weighted by Crippen LogP contribution is 2.10. The Kier molecular flexibility index (Phi) is 7.14. The van der Waals surface area contributed by atoms with Crippen LogP contribution in [0.15, 0.2) is 36.9 Å². The van der Waals surface area contributed by atoms with Crippen LogP contribution in [0.3, 0.4) is 0 Å². The Bertz CT molecular complexity index is 485. The van der Waals surface area contributed by atoms with E-state index in [0.29, 0.717) is 30.8 Å². The second-order valence-electron chi connectivity index (χ2n) is 4.45. The Morgan fingerprint density at radius 2 is 2.05 bits per heavy atom. The van der Waals surface area contributed by atoms with E-state index in [2.05, 4.69) is 17.2 Å². The molecule has 114 valence electrons. The van der Waals surface area contributed by atoms with Crippen LogP contribution in [0.4, 0.5) is 5.69 Å². The average Bonchev–Trinajstić information content (AvgIpc) is 2.50. The third-order valence-corrected chi connectivity index (χ3v) is 2.79.